The number of phenolic OH excluding ortho intramolecular Hbond substituents is 1. The third-order valence-corrected chi connectivity index (χ3v) is 12.0. The van der Waals surface area contributed by atoms with Crippen molar-refractivity contribution in [3.63, 3.8) is 0 Å². The molecule has 4 heteroatoms. The van der Waals surface area contributed by atoms with Crippen LogP contribution in [0.5, 0.6) is 5.75 Å². The zero-order valence-corrected chi connectivity index (χ0v) is 37.0. The number of imidazole rings is 1. The second-order valence-electron chi connectivity index (χ2n) is 17.7. The molecule has 2 heterocycles. The second kappa shape index (κ2) is 17.2. The van der Waals surface area contributed by atoms with Crippen LogP contribution in [0.3, 0.4) is 0 Å². The number of pyridine rings is 1. The van der Waals surface area contributed by atoms with Crippen LogP contribution in [0.2, 0.25) is 0 Å². The highest BCUT2D eigenvalue weighted by atomic mass is 16.3. The van der Waals surface area contributed by atoms with E-state index in [1.54, 1.807) is 30.3 Å². The topological polar surface area (TPSA) is 50.9 Å². The maximum absolute atomic E-state index is 11.7. The highest BCUT2D eigenvalue weighted by Gasteiger charge is 2.24. The number of benzene rings is 8. The third-order valence-electron chi connectivity index (χ3n) is 12.0. The van der Waals surface area contributed by atoms with Crippen molar-refractivity contribution in [1.29, 1.82) is 0 Å². The van der Waals surface area contributed by atoms with Crippen LogP contribution in [0, 0.1) is 6.85 Å². The fourth-order valence-corrected chi connectivity index (χ4v) is 8.55. The fraction of sp³-hybridized carbons (Fsp3) is 0.143. The number of aryl methyl sites for hydroxylation is 1. The van der Waals surface area contributed by atoms with E-state index in [2.05, 4.69) is 32.9 Å². The molecule has 0 spiro atoms. The van der Waals surface area contributed by atoms with Crippen LogP contribution >= 0.6 is 0 Å². The van der Waals surface area contributed by atoms with Crippen molar-refractivity contribution >= 4 is 11.0 Å². The predicted molar refractivity (Wildman–Crippen MR) is 281 cm³/mol. The number of aromatic nitrogens is 3. The van der Waals surface area contributed by atoms with E-state index in [1.807, 2.05) is 120 Å². The monoisotopic (exact) mass is 886 g/mol. The van der Waals surface area contributed by atoms with Gasteiger partial charge >= 0.3 is 0 Å². The number of nitrogens with zero attached hydrogens (tertiary/aromatic N) is 3. The van der Waals surface area contributed by atoms with Gasteiger partial charge in [0.25, 0.3) is 0 Å². The lowest BCUT2D eigenvalue weighted by atomic mass is 9.85. The fourth-order valence-electron chi connectivity index (χ4n) is 8.55. The zero-order valence-electron chi connectivity index (χ0n) is 53.0. The summed E-state index contributed by atoms with van der Waals surface area (Å²) in [6.07, 6.45) is 1.39. The summed E-state index contributed by atoms with van der Waals surface area (Å²) in [4.78, 5) is 10.1. The van der Waals surface area contributed by atoms with E-state index in [9.17, 15) is 7.85 Å². The van der Waals surface area contributed by atoms with E-state index in [0.29, 0.717) is 61.5 Å². The first kappa shape index (κ1) is 28.3. The van der Waals surface area contributed by atoms with Crippen LogP contribution in [-0.2, 0) is 10.8 Å². The van der Waals surface area contributed by atoms with E-state index < -0.39 is 62.6 Å². The van der Waals surface area contributed by atoms with Crippen LogP contribution in [-0.4, -0.2) is 19.6 Å². The molecule has 0 aliphatic heterocycles. The Morgan fingerprint density at radius 2 is 1.15 bits per heavy atom. The number of hydrogen-bond donors (Lipinski definition) is 1. The second-order valence-corrected chi connectivity index (χ2v) is 17.7. The van der Waals surface area contributed by atoms with Gasteiger partial charge in [0.2, 0.25) is 0 Å². The Balaban J connectivity index is 1.23. The van der Waals surface area contributed by atoms with E-state index in [-0.39, 0.29) is 33.5 Å². The van der Waals surface area contributed by atoms with Crippen LogP contribution in [0.1, 0.15) is 79.9 Å². The highest BCUT2D eigenvalue weighted by molar-refractivity contribution is 5.99. The smallest absolute Gasteiger partial charge is 0.149 e. The molecule has 10 rings (SSSR count). The van der Waals surface area contributed by atoms with Crippen molar-refractivity contribution in [1.82, 2.24) is 14.5 Å². The molecule has 67 heavy (non-hydrogen) atoms. The average Bonchev–Trinajstić information content (AvgIpc) is 1.53. The quantitative estimate of drug-likeness (QED) is 0.165. The number of aromatic hydroxyl groups is 1. The molecule has 0 aliphatic rings. The Morgan fingerprint density at radius 1 is 0.493 bits per heavy atom. The number of para-hydroxylation sites is 2. The van der Waals surface area contributed by atoms with Gasteiger partial charge in [0.15, 0.2) is 0 Å². The first-order chi connectivity index (χ1) is 38.9. The molecular weight excluding hydrogens is 815 g/mol. The lowest BCUT2D eigenvalue weighted by Gasteiger charge is -2.21. The Hall–Kier alpha value is -7.82. The average molecular weight is 886 g/mol. The van der Waals surface area contributed by atoms with E-state index in [4.69, 9.17) is 29.2 Å². The molecule has 0 atom stereocenters. The minimum atomic E-state index is -3.84. The summed E-state index contributed by atoms with van der Waals surface area (Å²) in [7, 11) is 0. The summed E-state index contributed by atoms with van der Waals surface area (Å²) in [6, 6.07) is 47.8. The first-order valence-corrected chi connectivity index (χ1v) is 21.9. The van der Waals surface area contributed by atoms with E-state index >= 15 is 0 Å². The predicted octanol–water partition coefficient (Wildman–Crippen LogP) is 16.7. The molecule has 0 radical (unpaired) electrons. The third kappa shape index (κ3) is 8.48. The minimum absolute atomic E-state index is 0.0690. The van der Waals surface area contributed by atoms with Crippen molar-refractivity contribution in [3.8, 4) is 89.7 Å². The van der Waals surface area contributed by atoms with Gasteiger partial charge in [0, 0.05) is 39.3 Å². The Bertz CT molecular complexity index is 4060. The minimum Gasteiger partial charge on any atom is -0.507 e. The summed E-state index contributed by atoms with van der Waals surface area (Å²) >= 11 is 0. The van der Waals surface area contributed by atoms with Gasteiger partial charge in [0.1, 0.15) is 11.6 Å². The summed E-state index contributed by atoms with van der Waals surface area (Å²) in [5.41, 5.74) is 3.94. The van der Waals surface area contributed by atoms with Crippen molar-refractivity contribution < 1.29 is 27.0 Å². The van der Waals surface area contributed by atoms with Gasteiger partial charge < -0.3 is 5.11 Å². The summed E-state index contributed by atoms with van der Waals surface area (Å²) in [5, 5.41) is 11.7. The maximum atomic E-state index is 11.7. The van der Waals surface area contributed by atoms with E-state index in [0.717, 1.165) is 22.3 Å². The summed E-state index contributed by atoms with van der Waals surface area (Å²) < 4.78 is 140. The molecule has 0 unspecified atom stereocenters. The van der Waals surface area contributed by atoms with Gasteiger partial charge in [0.05, 0.1) is 33.5 Å². The number of fused-ring (bicyclic) bond motifs is 1. The van der Waals surface area contributed by atoms with Crippen molar-refractivity contribution in [2.75, 3.05) is 0 Å². The highest BCUT2D eigenvalue weighted by Crippen LogP contribution is 2.43. The Morgan fingerprint density at radius 3 is 1.85 bits per heavy atom. The van der Waals surface area contributed by atoms with Gasteiger partial charge in [-0.25, -0.2) is 4.98 Å². The van der Waals surface area contributed by atoms with Crippen molar-refractivity contribution in [2.45, 2.75) is 59.0 Å². The normalized spacial score (nSPS) is 16.1. The van der Waals surface area contributed by atoms with Crippen LogP contribution in [0.4, 0.5) is 0 Å². The van der Waals surface area contributed by atoms with Crippen molar-refractivity contribution in [3.05, 3.63) is 217 Å². The van der Waals surface area contributed by atoms with E-state index in [1.165, 1.54) is 18.3 Å². The Labute approximate surface area is 417 Å². The molecule has 4 nitrogen and oxygen atoms in total. The van der Waals surface area contributed by atoms with Gasteiger partial charge in [-0.15, -0.1) is 0 Å². The summed E-state index contributed by atoms with van der Waals surface area (Å²) in [6.45, 7) is -7.71. The first-order valence-electron chi connectivity index (χ1n) is 29.9. The molecule has 8 aromatic carbocycles. The number of phenols is 1. The van der Waals surface area contributed by atoms with Gasteiger partial charge in [-0.3, -0.25) is 9.55 Å². The molecule has 0 fully saturated rings. The van der Waals surface area contributed by atoms with Crippen LogP contribution < -0.4 is 0 Å². The molecule has 0 saturated carbocycles. The molecule has 1 N–H and O–H groups in total. The molecule has 2 aromatic heterocycles. The van der Waals surface area contributed by atoms with Crippen LogP contribution in [0.15, 0.2) is 200 Å². The van der Waals surface area contributed by atoms with Crippen LogP contribution in [0.25, 0.3) is 95.0 Å². The van der Waals surface area contributed by atoms with Crippen molar-refractivity contribution in [2.24, 2.45) is 0 Å². The molecule has 0 saturated heterocycles. The van der Waals surface area contributed by atoms with Gasteiger partial charge in [-0.1, -0.05) is 175 Å². The molecule has 0 aliphatic carbocycles. The lowest BCUT2D eigenvalue weighted by Crippen LogP contribution is -2.10. The molecule has 10 aromatic rings. The number of hydrogen-bond acceptors (Lipinski definition) is 3. The van der Waals surface area contributed by atoms with Gasteiger partial charge in [-0.05, 0) is 140 Å². The maximum Gasteiger partial charge on any atom is 0.149 e. The van der Waals surface area contributed by atoms with Gasteiger partial charge in [-0.2, -0.15) is 0 Å². The Kier molecular flexibility index (Phi) is 7.25. The zero-order chi connectivity index (χ0) is 59.9. The molecule has 0 bridgehead atoms. The standard InChI is InChI=1S/C63H55N3O/c1-41-35-58(55(40-54(41)44-19-12-9-13-20-44)45-27-31-51(32-28-45)63(5,6)7)66-57-23-16-22-52(60(57)65-61(66)53-21-14-15-24-59(53)67)48-36-47(42-17-10-8-11-18-42)37-49(38-48)56-39-46(33-34-64-56)43-25-29-50(30-26-43)62(2,3)4/h8-40,67H,1-7H3/i1D3,2D3,3D3,4D3,25D,26D,29D,30D. The molecular formula is C63H55N3O. The largest absolute Gasteiger partial charge is 0.507 e. The molecule has 328 valence electrons. The number of rotatable bonds is 8. The SMILES string of the molecule is [2H]c1c([2H])c(C(C([2H])([2H])[2H])(C([2H])([2H])[2H])C([2H])([2H])[2H])c([2H])c([2H])c1-c1ccnc(-c2cc(-c3ccccc3)cc(-c3cccc4c3nc(-c3ccccc3O)n4-c3cc(C([2H])([2H])[2H])c(-c4ccccc4)cc3-c3ccc(C(C)(C)C)cc3)c2)c1. The lowest BCUT2D eigenvalue weighted by molar-refractivity contribution is 0.477. The summed E-state index contributed by atoms with van der Waals surface area (Å²) in [5.74, 6) is 0.246. The molecule has 0 amide bonds.